The van der Waals surface area contributed by atoms with Crippen molar-refractivity contribution in [2.24, 2.45) is 0 Å². The SMILES string of the molecule is O=C(c1ccc(OCCN2CCOCC2)cc1)c1cccnc1OCCN1CCOCC1. The summed E-state index contributed by atoms with van der Waals surface area (Å²) < 4.78 is 22.4. The van der Waals surface area contributed by atoms with Crippen molar-refractivity contribution >= 4 is 5.78 Å². The van der Waals surface area contributed by atoms with E-state index in [2.05, 4.69) is 14.8 Å². The normalized spacial score (nSPS) is 17.8. The number of carbonyl (C=O) groups excluding carboxylic acids is 1. The van der Waals surface area contributed by atoms with Crippen LogP contribution in [0.4, 0.5) is 0 Å². The van der Waals surface area contributed by atoms with E-state index in [-0.39, 0.29) is 5.78 Å². The van der Waals surface area contributed by atoms with Gasteiger partial charge in [-0.2, -0.15) is 0 Å². The Kier molecular flexibility index (Phi) is 8.44. The number of ketones is 1. The summed E-state index contributed by atoms with van der Waals surface area (Å²) in [5, 5.41) is 0. The average molecular weight is 442 g/mol. The maximum Gasteiger partial charge on any atom is 0.224 e. The molecule has 0 radical (unpaired) electrons. The molecule has 8 heteroatoms. The highest BCUT2D eigenvalue weighted by atomic mass is 16.5. The van der Waals surface area contributed by atoms with Crippen molar-refractivity contribution in [2.45, 2.75) is 0 Å². The van der Waals surface area contributed by atoms with Gasteiger partial charge in [0.1, 0.15) is 19.0 Å². The number of benzene rings is 1. The smallest absolute Gasteiger partial charge is 0.224 e. The summed E-state index contributed by atoms with van der Waals surface area (Å²) in [5.41, 5.74) is 1.05. The van der Waals surface area contributed by atoms with Crippen molar-refractivity contribution in [1.82, 2.24) is 14.8 Å². The van der Waals surface area contributed by atoms with Gasteiger partial charge in [0.25, 0.3) is 0 Å². The number of nitrogens with zero attached hydrogens (tertiary/aromatic N) is 3. The van der Waals surface area contributed by atoms with Gasteiger partial charge in [-0.1, -0.05) is 0 Å². The summed E-state index contributed by atoms with van der Waals surface area (Å²) >= 11 is 0. The Morgan fingerprint density at radius 2 is 1.44 bits per heavy atom. The third kappa shape index (κ3) is 6.49. The first-order chi connectivity index (χ1) is 15.8. The van der Waals surface area contributed by atoms with Crippen LogP contribution in [0.3, 0.4) is 0 Å². The summed E-state index contributed by atoms with van der Waals surface area (Å²) in [6.45, 7) is 9.49. The van der Waals surface area contributed by atoms with Crippen LogP contribution >= 0.6 is 0 Å². The van der Waals surface area contributed by atoms with E-state index in [0.717, 1.165) is 71.4 Å². The minimum Gasteiger partial charge on any atom is -0.492 e. The second-order valence-corrected chi connectivity index (χ2v) is 7.81. The van der Waals surface area contributed by atoms with Gasteiger partial charge in [0.15, 0.2) is 5.78 Å². The summed E-state index contributed by atoms with van der Waals surface area (Å²) in [5.74, 6) is 1.01. The highest BCUT2D eigenvalue weighted by Crippen LogP contribution is 2.21. The van der Waals surface area contributed by atoms with Gasteiger partial charge in [-0.15, -0.1) is 0 Å². The Hall–Kier alpha value is -2.52. The van der Waals surface area contributed by atoms with Crippen molar-refractivity contribution < 1.29 is 23.7 Å². The van der Waals surface area contributed by atoms with Gasteiger partial charge >= 0.3 is 0 Å². The third-order valence-corrected chi connectivity index (χ3v) is 5.66. The molecule has 1 aromatic heterocycles. The molecule has 0 bridgehead atoms. The standard InChI is InChI=1S/C24H31N3O5/c28-23(20-3-5-21(6-4-20)31-18-12-26-8-14-29-15-9-26)22-2-1-7-25-24(22)32-19-13-27-10-16-30-17-11-27/h1-7H,8-19H2. The molecule has 32 heavy (non-hydrogen) atoms. The van der Waals surface area contributed by atoms with Crippen molar-refractivity contribution in [3.05, 3.63) is 53.7 Å². The van der Waals surface area contributed by atoms with Crippen molar-refractivity contribution in [1.29, 1.82) is 0 Å². The first kappa shape index (κ1) is 22.7. The Labute approximate surface area is 189 Å². The number of morpholine rings is 2. The molecule has 0 atom stereocenters. The van der Waals surface area contributed by atoms with Gasteiger partial charge in [-0.3, -0.25) is 14.6 Å². The van der Waals surface area contributed by atoms with Gasteiger partial charge in [0.2, 0.25) is 5.88 Å². The predicted octanol–water partition coefficient (Wildman–Crippen LogP) is 1.73. The molecule has 172 valence electrons. The van der Waals surface area contributed by atoms with Gasteiger partial charge in [0.05, 0.1) is 32.0 Å². The maximum absolute atomic E-state index is 13.1. The van der Waals surface area contributed by atoms with Gasteiger partial charge < -0.3 is 18.9 Å². The molecule has 4 rings (SSSR count). The van der Waals surface area contributed by atoms with Crippen LogP contribution < -0.4 is 9.47 Å². The number of hydrogen-bond donors (Lipinski definition) is 0. The number of ether oxygens (including phenoxy) is 4. The van der Waals surface area contributed by atoms with Crippen LogP contribution in [0.25, 0.3) is 0 Å². The lowest BCUT2D eigenvalue weighted by Gasteiger charge is -2.26. The minimum absolute atomic E-state index is 0.112. The molecule has 8 nitrogen and oxygen atoms in total. The Morgan fingerprint density at radius 1 is 0.844 bits per heavy atom. The van der Waals surface area contributed by atoms with Crippen LogP contribution in [0.1, 0.15) is 15.9 Å². The van der Waals surface area contributed by atoms with Crippen LogP contribution in [-0.2, 0) is 9.47 Å². The Bertz CT molecular complexity index is 849. The van der Waals surface area contributed by atoms with Gasteiger partial charge in [0, 0.05) is 51.0 Å². The number of pyridine rings is 1. The maximum atomic E-state index is 13.1. The second kappa shape index (κ2) is 11.9. The molecule has 2 saturated heterocycles. The molecule has 3 heterocycles. The fourth-order valence-corrected chi connectivity index (χ4v) is 3.75. The first-order valence-corrected chi connectivity index (χ1v) is 11.3. The lowest BCUT2D eigenvalue weighted by Crippen LogP contribution is -2.38. The molecule has 2 fully saturated rings. The molecule has 1 aromatic carbocycles. The lowest BCUT2D eigenvalue weighted by molar-refractivity contribution is 0.0319. The molecule has 0 amide bonds. The molecule has 0 aliphatic carbocycles. The number of aromatic nitrogens is 1. The third-order valence-electron chi connectivity index (χ3n) is 5.66. The number of hydrogen-bond acceptors (Lipinski definition) is 8. The summed E-state index contributed by atoms with van der Waals surface area (Å²) in [7, 11) is 0. The van der Waals surface area contributed by atoms with Crippen LogP contribution in [0, 0.1) is 0 Å². The van der Waals surface area contributed by atoms with Gasteiger partial charge in [-0.25, -0.2) is 4.98 Å². The zero-order chi connectivity index (χ0) is 22.0. The number of carbonyl (C=O) groups is 1. The number of rotatable bonds is 10. The van der Waals surface area contributed by atoms with E-state index in [1.165, 1.54) is 0 Å². The van der Waals surface area contributed by atoms with Crippen molar-refractivity contribution in [2.75, 3.05) is 78.9 Å². The van der Waals surface area contributed by atoms with E-state index >= 15 is 0 Å². The fraction of sp³-hybridized carbons (Fsp3) is 0.500. The summed E-state index contributed by atoms with van der Waals surface area (Å²) in [6, 6.07) is 10.8. The molecule has 0 saturated carbocycles. The van der Waals surface area contributed by atoms with E-state index in [9.17, 15) is 4.79 Å². The van der Waals surface area contributed by atoms with Crippen molar-refractivity contribution in [3.63, 3.8) is 0 Å². The van der Waals surface area contributed by atoms with Gasteiger partial charge in [-0.05, 0) is 36.4 Å². The van der Waals surface area contributed by atoms with Crippen molar-refractivity contribution in [3.8, 4) is 11.6 Å². The highest BCUT2D eigenvalue weighted by molar-refractivity contribution is 6.10. The molecule has 0 N–H and O–H groups in total. The van der Waals surface area contributed by atoms with E-state index in [1.807, 2.05) is 12.1 Å². The monoisotopic (exact) mass is 441 g/mol. The zero-order valence-corrected chi connectivity index (χ0v) is 18.4. The summed E-state index contributed by atoms with van der Waals surface area (Å²) in [6.07, 6.45) is 1.65. The molecule has 2 aromatic rings. The van der Waals surface area contributed by atoms with E-state index in [4.69, 9.17) is 18.9 Å². The quantitative estimate of drug-likeness (QED) is 0.517. The lowest BCUT2D eigenvalue weighted by atomic mass is 10.0. The highest BCUT2D eigenvalue weighted by Gasteiger charge is 2.17. The van der Waals surface area contributed by atoms with E-state index < -0.39 is 0 Å². The molecule has 0 unspecified atom stereocenters. The topological polar surface area (TPSA) is 73.4 Å². The summed E-state index contributed by atoms with van der Waals surface area (Å²) in [4.78, 5) is 22.0. The molecule has 2 aliphatic heterocycles. The molecule has 2 aliphatic rings. The van der Waals surface area contributed by atoms with E-state index in [1.54, 1.807) is 30.5 Å². The first-order valence-electron chi connectivity index (χ1n) is 11.3. The average Bonchev–Trinajstić information content (AvgIpc) is 2.86. The minimum atomic E-state index is -0.112. The Balaban J connectivity index is 1.29. The van der Waals surface area contributed by atoms with Crippen LogP contribution in [0.2, 0.25) is 0 Å². The van der Waals surface area contributed by atoms with Crippen LogP contribution in [-0.4, -0.2) is 99.5 Å². The zero-order valence-electron chi connectivity index (χ0n) is 18.4. The molecular weight excluding hydrogens is 410 g/mol. The fourth-order valence-electron chi connectivity index (χ4n) is 3.75. The predicted molar refractivity (Wildman–Crippen MR) is 120 cm³/mol. The molecular formula is C24H31N3O5. The largest absolute Gasteiger partial charge is 0.492 e. The van der Waals surface area contributed by atoms with Crippen LogP contribution in [0.5, 0.6) is 11.6 Å². The second-order valence-electron chi connectivity index (χ2n) is 7.81. The van der Waals surface area contributed by atoms with E-state index in [0.29, 0.717) is 30.2 Å². The van der Waals surface area contributed by atoms with Crippen LogP contribution in [0.15, 0.2) is 42.6 Å². The molecule has 0 spiro atoms. The Morgan fingerprint density at radius 3 is 2.06 bits per heavy atom.